The third-order valence-corrected chi connectivity index (χ3v) is 8.93. The van der Waals surface area contributed by atoms with Gasteiger partial charge in [0.1, 0.15) is 23.0 Å². The van der Waals surface area contributed by atoms with Crippen LogP contribution in [0, 0.1) is 0 Å². The fraction of sp³-hybridized carbons (Fsp3) is 0.143. The molecule has 0 saturated heterocycles. The highest BCUT2D eigenvalue weighted by Gasteiger charge is 2.38. The summed E-state index contributed by atoms with van der Waals surface area (Å²) >= 11 is 7.73. The Balaban J connectivity index is 1.88. The summed E-state index contributed by atoms with van der Waals surface area (Å²) in [6.07, 6.45) is 0. The van der Waals surface area contributed by atoms with Crippen molar-refractivity contribution in [1.82, 2.24) is 0 Å². The van der Waals surface area contributed by atoms with Gasteiger partial charge in [0.15, 0.2) is 0 Å². The zero-order chi connectivity index (χ0) is 24.2. The van der Waals surface area contributed by atoms with Crippen molar-refractivity contribution in [2.24, 2.45) is 0 Å². The smallest absolute Gasteiger partial charge is 0.119 e. The largest absolute Gasteiger partial charge is 0.508 e. The Kier molecular flexibility index (Phi) is 7.49. The second-order valence-electron chi connectivity index (χ2n) is 8.08. The van der Waals surface area contributed by atoms with E-state index in [0.29, 0.717) is 22.3 Å². The summed E-state index contributed by atoms with van der Waals surface area (Å²) in [5.41, 5.74) is 2.57. The molecule has 0 radical (unpaired) electrons. The van der Waals surface area contributed by atoms with E-state index in [1.54, 1.807) is 48.5 Å². The van der Waals surface area contributed by atoms with E-state index in [0.717, 1.165) is 0 Å². The number of hydrogen-bond donors (Lipinski definition) is 4. The van der Waals surface area contributed by atoms with Crippen LogP contribution in [-0.4, -0.2) is 30.1 Å². The van der Waals surface area contributed by atoms with Gasteiger partial charge in [-0.05, 0) is 24.3 Å². The van der Waals surface area contributed by atoms with E-state index in [2.05, 4.69) is 31.9 Å². The highest BCUT2D eigenvalue weighted by atomic mass is 79.9. The quantitative estimate of drug-likeness (QED) is 0.177. The molecule has 34 heavy (non-hydrogen) atoms. The molecule has 4 aromatic carbocycles. The van der Waals surface area contributed by atoms with Crippen LogP contribution in [0.2, 0.25) is 0 Å². The third-order valence-electron chi connectivity index (χ3n) is 6.03. The van der Waals surface area contributed by atoms with Gasteiger partial charge in [0.25, 0.3) is 0 Å². The number of aromatic hydroxyl groups is 4. The van der Waals surface area contributed by atoms with E-state index < -0.39 is 11.8 Å². The molecule has 0 bridgehead atoms. The van der Waals surface area contributed by atoms with Crippen LogP contribution in [0.3, 0.4) is 0 Å². The summed E-state index contributed by atoms with van der Waals surface area (Å²) in [6, 6.07) is 28.2. The molecule has 4 aromatic rings. The van der Waals surface area contributed by atoms with Gasteiger partial charge in [-0.15, -0.1) is 0 Å². The van der Waals surface area contributed by atoms with Crippen molar-refractivity contribution < 1.29 is 20.4 Å². The van der Waals surface area contributed by atoms with Crippen LogP contribution in [-0.2, 0) is 0 Å². The molecule has 0 heterocycles. The molecule has 0 aliphatic carbocycles. The molecule has 0 amide bonds. The van der Waals surface area contributed by atoms with Crippen molar-refractivity contribution in [2.45, 2.75) is 21.5 Å². The monoisotopic (exact) mass is 582 g/mol. The first-order valence-corrected chi connectivity index (χ1v) is 12.6. The minimum atomic E-state index is -0.453. The minimum Gasteiger partial charge on any atom is -0.508 e. The summed E-state index contributed by atoms with van der Waals surface area (Å²) in [5.74, 6) is -0.455. The van der Waals surface area contributed by atoms with Crippen LogP contribution < -0.4 is 0 Å². The topological polar surface area (TPSA) is 80.9 Å². The van der Waals surface area contributed by atoms with Gasteiger partial charge in [-0.25, -0.2) is 0 Å². The Morgan fingerprint density at radius 2 is 0.588 bits per heavy atom. The van der Waals surface area contributed by atoms with E-state index in [4.69, 9.17) is 0 Å². The lowest BCUT2D eigenvalue weighted by molar-refractivity contribution is 0.442. The second-order valence-corrected chi connectivity index (χ2v) is 10.2. The molecule has 6 heteroatoms. The number of phenolic OH excluding ortho intramolecular Hbond substituents is 4. The summed E-state index contributed by atoms with van der Waals surface area (Å²) in [4.78, 5) is -0.753. The number of rotatable bonds is 7. The third kappa shape index (κ3) is 4.79. The lowest BCUT2D eigenvalue weighted by atomic mass is 9.79. The molecule has 4 rings (SSSR count). The average molecular weight is 584 g/mol. The molecule has 0 saturated carbocycles. The van der Waals surface area contributed by atoms with Gasteiger partial charge in [-0.3, -0.25) is 0 Å². The van der Waals surface area contributed by atoms with Crippen molar-refractivity contribution in [3.8, 4) is 23.0 Å². The van der Waals surface area contributed by atoms with Gasteiger partial charge in [0.05, 0.1) is 0 Å². The molecular weight excluding hydrogens is 560 g/mol. The molecule has 2 atom stereocenters. The number of hydrogen-bond acceptors (Lipinski definition) is 4. The van der Waals surface area contributed by atoms with Gasteiger partial charge in [-0.2, -0.15) is 0 Å². The van der Waals surface area contributed by atoms with Gasteiger partial charge < -0.3 is 20.4 Å². The van der Waals surface area contributed by atoms with E-state index in [1.807, 2.05) is 48.5 Å². The molecule has 2 unspecified atom stereocenters. The molecule has 0 aliphatic rings. The number of para-hydroxylation sites is 4. The lowest BCUT2D eigenvalue weighted by Crippen LogP contribution is -2.30. The molecular formula is C28H24Br2O4. The predicted molar refractivity (Wildman–Crippen MR) is 142 cm³/mol. The zero-order valence-electron chi connectivity index (χ0n) is 18.1. The molecule has 4 nitrogen and oxygen atoms in total. The molecule has 174 valence electrons. The maximum absolute atomic E-state index is 10.7. The molecule has 0 aromatic heterocycles. The van der Waals surface area contributed by atoms with E-state index in [1.165, 1.54) is 0 Å². The van der Waals surface area contributed by atoms with Crippen LogP contribution in [0.5, 0.6) is 23.0 Å². The van der Waals surface area contributed by atoms with Crippen molar-refractivity contribution >= 4 is 31.9 Å². The molecule has 0 fully saturated rings. The number of benzene rings is 4. The van der Waals surface area contributed by atoms with Crippen LogP contribution in [0.4, 0.5) is 0 Å². The summed E-state index contributed by atoms with van der Waals surface area (Å²) in [7, 11) is 0. The summed E-state index contributed by atoms with van der Waals surface area (Å²) in [5, 5.41) is 42.9. The van der Waals surface area contributed by atoms with Crippen molar-refractivity contribution in [3.63, 3.8) is 0 Å². The Labute approximate surface area is 215 Å². The van der Waals surface area contributed by atoms with E-state index in [-0.39, 0.29) is 32.7 Å². The summed E-state index contributed by atoms with van der Waals surface area (Å²) < 4.78 is 0. The van der Waals surface area contributed by atoms with Crippen LogP contribution in [0.25, 0.3) is 0 Å². The van der Waals surface area contributed by atoms with Crippen molar-refractivity contribution in [3.05, 3.63) is 119 Å². The number of alkyl halides is 2. The van der Waals surface area contributed by atoms with Crippen molar-refractivity contribution in [1.29, 1.82) is 0 Å². The fourth-order valence-corrected chi connectivity index (χ4v) is 6.14. The minimum absolute atomic E-state index is 0.113. The van der Waals surface area contributed by atoms with Gasteiger partial charge in [0.2, 0.25) is 0 Å². The molecule has 4 N–H and O–H groups in total. The Bertz CT molecular complexity index is 1090. The Morgan fingerprint density at radius 3 is 0.794 bits per heavy atom. The Morgan fingerprint density at radius 1 is 0.382 bits per heavy atom. The number of phenols is 4. The van der Waals surface area contributed by atoms with E-state index >= 15 is 0 Å². The fourth-order valence-electron chi connectivity index (χ4n) is 4.39. The van der Waals surface area contributed by atoms with Gasteiger partial charge >= 0.3 is 0 Å². The Hall–Kier alpha value is -2.96. The SMILES string of the molecule is Oc1ccccc1C(c1ccccc1O)C(Br)C(Br)C(c1ccccc1O)c1ccccc1O. The standard InChI is InChI=1S/C28H24Br2O4/c29-27(25(17-9-1-5-13-21(17)31)18-10-2-6-14-22(18)32)28(30)26(19-11-3-7-15-23(19)33)20-12-4-8-16-24(20)34/h1-16,25-28,31-34H. The lowest BCUT2D eigenvalue weighted by Gasteiger charge is -2.33. The highest BCUT2D eigenvalue weighted by molar-refractivity contribution is 9.12. The zero-order valence-corrected chi connectivity index (χ0v) is 21.3. The van der Waals surface area contributed by atoms with Gasteiger partial charge in [-0.1, -0.05) is 105 Å². The van der Waals surface area contributed by atoms with Crippen molar-refractivity contribution in [2.75, 3.05) is 0 Å². The maximum Gasteiger partial charge on any atom is 0.119 e. The predicted octanol–water partition coefficient (Wildman–Crippen LogP) is 7.00. The second kappa shape index (κ2) is 10.5. The first-order valence-electron chi connectivity index (χ1n) is 10.8. The van der Waals surface area contributed by atoms with Crippen LogP contribution >= 0.6 is 31.9 Å². The molecule has 0 aliphatic heterocycles. The van der Waals surface area contributed by atoms with E-state index in [9.17, 15) is 20.4 Å². The van der Waals surface area contributed by atoms with Crippen LogP contribution in [0.1, 0.15) is 34.1 Å². The molecule has 0 spiro atoms. The highest BCUT2D eigenvalue weighted by Crippen LogP contribution is 2.49. The average Bonchev–Trinajstić information content (AvgIpc) is 2.84. The van der Waals surface area contributed by atoms with Crippen LogP contribution in [0.15, 0.2) is 97.1 Å². The number of halogens is 2. The summed E-state index contributed by atoms with van der Waals surface area (Å²) in [6.45, 7) is 0. The normalized spacial score (nSPS) is 13.2. The van der Waals surface area contributed by atoms with Gasteiger partial charge in [0, 0.05) is 43.7 Å². The maximum atomic E-state index is 10.7. The first-order chi connectivity index (χ1) is 16.4. The first kappa shape index (κ1) is 24.2.